The van der Waals surface area contributed by atoms with E-state index in [0.717, 1.165) is 42.4 Å². The number of aromatic amines is 1. The van der Waals surface area contributed by atoms with Gasteiger partial charge < -0.3 is 25.6 Å². The third kappa shape index (κ3) is 5.24. The summed E-state index contributed by atoms with van der Waals surface area (Å²) in [6.07, 6.45) is 5.60. The van der Waals surface area contributed by atoms with E-state index in [1.54, 1.807) is 6.20 Å². The van der Waals surface area contributed by atoms with Crippen LogP contribution in [0.2, 0.25) is 0 Å². The first kappa shape index (κ1) is 22.6. The van der Waals surface area contributed by atoms with Crippen molar-refractivity contribution in [2.75, 3.05) is 11.4 Å². The molecule has 10 heteroatoms. The van der Waals surface area contributed by atoms with Crippen LogP contribution in [0.1, 0.15) is 46.0 Å². The highest BCUT2D eigenvalue weighted by Gasteiger charge is 2.38. The van der Waals surface area contributed by atoms with E-state index in [0.29, 0.717) is 18.8 Å². The molecule has 2 aliphatic rings. The summed E-state index contributed by atoms with van der Waals surface area (Å²) >= 11 is 0. The molecule has 2 aromatic rings. The lowest BCUT2D eigenvalue weighted by Crippen LogP contribution is -2.61. The quantitative estimate of drug-likeness (QED) is 0.350. The molecule has 172 valence electrons. The lowest BCUT2D eigenvalue weighted by atomic mass is 9.75. The van der Waals surface area contributed by atoms with Crippen molar-refractivity contribution in [3.8, 4) is 0 Å². The minimum Gasteiger partial charge on any atom is -0.426 e. The Morgan fingerprint density at radius 2 is 2.03 bits per heavy atom. The van der Waals surface area contributed by atoms with Crippen molar-refractivity contribution < 1.29 is 19.6 Å². The van der Waals surface area contributed by atoms with E-state index in [2.05, 4.69) is 20.8 Å². The second kappa shape index (κ2) is 9.50. The molecule has 5 N–H and O–H groups in total. The molecular weight excluding hydrogens is 409 g/mol. The molecule has 3 atom stereocenters. The molecule has 9 nitrogen and oxygen atoms in total. The fraction of sp³-hybridized carbons (Fsp3) is 0.591. The highest BCUT2D eigenvalue weighted by atomic mass is 16.4. The predicted octanol–water partition coefficient (Wildman–Crippen LogP) is 0.969. The van der Waals surface area contributed by atoms with E-state index in [-0.39, 0.29) is 23.8 Å². The van der Waals surface area contributed by atoms with Gasteiger partial charge in [0, 0.05) is 17.6 Å². The molecule has 1 saturated carbocycles. The number of nitrogens with one attached hydrogen (secondary N) is 3. The first-order chi connectivity index (χ1) is 15.3. The summed E-state index contributed by atoms with van der Waals surface area (Å²) < 4.78 is 0. The molecular formula is C22H32BN5O4. The Hall–Kier alpha value is -2.59. The number of aromatic nitrogens is 2. The third-order valence-corrected chi connectivity index (χ3v) is 6.39. The predicted molar refractivity (Wildman–Crippen MR) is 123 cm³/mol. The highest BCUT2D eigenvalue weighted by Crippen LogP contribution is 2.34. The van der Waals surface area contributed by atoms with Gasteiger partial charge in [-0.2, -0.15) is 5.10 Å². The Kier molecular flexibility index (Phi) is 6.71. The molecule has 1 aliphatic carbocycles. The number of amides is 2. The van der Waals surface area contributed by atoms with E-state index in [1.165, 1.54) is 0 Å². The van der Waals surface area contributed by atoms with Crippen molar-refractivity contribution in [3.05, 3.63) is 24.4 Å². The number of hydrogen-bond donors (Lipinski definition) is 5. The normalized spacial score (nSPS) is 20.0. The maximum atomic E-state index is 13.1. The van der Waals surface area contributed by atoms with Crippen molar-refractivity contribution in [2.24, 2.45) is 11.8 Å². The van der Waals surface area contributed by atoms with Crippen LogP contribution >= 0.6 is 0 Å². The number of nitrogens with zero attached hydrogens (tertiary/aromatic N) is 2. The third-order valence-electron chi connectivity index (χ3n) is 6.39. The second-order valence-electron chi connectivity index (χ2n) is 9.54. The van der Waals surface area contributed by atoms with Gasteiger partial charge in [-0.15, -0.1) is 0 Å². The SMILES string of the molecule is CC(C)C[C@@H](NC(=O)[C@H](CC1CC1)NC(=O)[C@@H]1CCN1c1ccc2[nH]ncc2c1)B(O)O. The molecule has 32 heavy (non-hydrogen) atoms. The van der Waals surface area contributed by atoms with Gasteiger partial charge in [-0.25, -0.2) is 0 Å². The van der Waals surface area contributed by atoms with Gasteiger partial charge in [0.1, 0.15) is 12.1 Å². The van der Waals surface area contributed by atoms with Gasteiger partial charge >= 0.3 is 7.12 Å². The largest absolute Gasteiger partial charge is 0.475 e. The van der Waals surface area contributed by atoms with Crippen molar-refractivity contribution in [1.82, 2.24) is 20.8 Å². The van der Waals surface area contributed by atoms with Crippen LogP contribution in [0.25, 0.3) is 10.9 Å². The van der Waals surface area contributed by atoms with Crippen LogP contribution in [0.4, 0.5) is 5.69 Å². The maximum absolute atomic E-state index is 13.1. The Balaban J connectivity index is 1.41. The lowest BCUT2D eigenvalue weighted by Gasteiger charge is -2.42. The molecule has 0 bridgehead atoms. The average Bonchev–Trinajstić information content (AvgIpc) is 3.39. The van der Waals surface area contributed by atoms with E-state index >= 15 is 0 Å². The number of benzene rings is 1. The molecule has 1 saturated heterocycles. The van der Waals surface area contributed by atoms with Gasteiger partial charge in [-0.05, 0) is 49.3 Å². The smallest absolute Gasteiger partial charge is 0.426 e. The first-order valence-electron chi connectivity index (χ1n) is 11.5. The number of H-pyrrole nitrogens is 1. The molecule has 0 radical (unpaired) electrons. The Morgan fingerprint density at radius 3 is 2.66 bits per heavy atom. The van der Waals surface area contributed by atoms with Crippen molar-refractivity contribution >= 4 is 35.5 Å². The number of anilines is 1. The van der Waals surface area contributed by atoms with Crippen molar-refractivity contribution in [2.45, 2.75) is 64.0 Å². The number of fused-ring (bicyclic) bond motifs is 1. The van der Waals surface area contributed by atoms with Crippen molar-refractivity contribution in [3.63, 3.8) is 0 Å². The van der Waals surface area contributed by atoms with E-state index in [4.69, 9.17) is 0 Å². The summed E-state index contributed by atoms with van der Waals surface area (Å²) in [4.78, 5) is 28.1. The standard InChI is InChI=1S/C22H32BN5O4/c1-13(2)9-20(23(31)32)26-21(29)18(10-14-3-4-14)25-22(30)19-7-8-28(19)16-5-6-17-15(11-16)12-24-27-17/h5-6,11-14,18-20,31-32H,3-4,7-10H2,1-2H3,(H,24,27)(H,25,30)(H,26,29)/t18-,19-,20+/m0/s1. The summed E-state index contributed by atoms with van der Waals surface area (Å²) in [6, 6.07) is 4.91. The van der Waals surface area contributed by atoms with Crippen LogP contribution in [0.5, 0.6) is 0 Å². The monoisotopic (exact) mass is 441 g/mol. The maximum Gasteiger partial charge on any atom is 0.475 e. The van der Waals surface area contributed by atoms with Crippen LogP contribution in [0.3, 0.4) is 0 Å². The van der Waals surface area contributed by atoms with Gasteiger partial charge in [0.05, 0.1) is 17.7 Å². The summed E-state index contributed by atoms with van der Waals surface area (Å²) in [5, 5.41) is 33.0. The minimum absolute atomic E-state index is 0.172. The van der Waals surface area contributed by atoms with E-state index in [9.17, 15) is 19.6 Å². The number of rotatable bonds is 10. The van der Waals surface area contributed by atoms with Gasteiger partial charge in [0.15, 0.2) is 0 Å². The molecule has 1 aromatic heterocycles. The molecule has 1 aromatic carbocycles. The first-order valence-corrected chi connectivity index (χ1v) is 11.5. The second-order valence-corrected chi connectivity index (χ2v) is 9.54. The molecule has 2 fully saturated rings. The Bertz CT molecular complexity index is 961. The van der Waals surface area contributed by atoms with E-state index in [1.807, 2.05) is 36.9 Å². The molecule has 4 rings (SSSR count). The fourth-order valence-electron chi connectivity index (χ4n) is 4.31. The van der Waals surface area contributed by atoms with Crippen LogP contribution < -0.4 is 15.5 Å². The van der Waals surface area contributed by atoms with Crippen LogP contribution in [-0.2, 0) is 9.59 Å². The van der Waals surface area contributed by atoms with Crippen LogP contribution in [0, 0.1) is 11.8 Å². The molecule has 0 spiro atoms. The number of carbonyl (C=O) groups is 2. The van der Waals surface area contributed by atoms with Crippen molar-refractivity contribution in [1.29, 1.82) is 0 Å². The summed E-state index contributed by atoms with van der Waals surface area (Å²) in [5.74, 6) is -0.670. The molecule has 0 unspecified atom stereocenters. The van der Waals surface area contributed by atoms with E-state index < -0.39 is 19.1 Å². The minimum atomic E-state index is -1.64. The Labute approximate surface area is 188 Å². The van der Waals surface area contributed by atoms with Crippen LogP contribution in [-0.4, -0.2) is 63.7 Å². The number of carbonyl (C=O) groups excluding carboxylic acids is 2. The van der Waals surface area contributed by atoms with Gasteiger partial charge in [-0.3, -0.25) is 14.7 Å². The van der Waals surface area contributed by atoms with Gasteiger partial charge in [0.25, 0.3) is 0 Å². The lowest BCUT2D eigenvalue weighted by molar-refractivity contribution is -0.130. The fourth-order valence-corrected chi connectivity index (χ4v) is 4.31. The average molecular weight is 441 g/mol. The summed E-state index contributed by atoms with van der Waals surface area (Å²) in [5.41, 5.74) is 1.90. The zero-order valence-electron chi connectivity index (χ0n) is 18.6. The summed E-state index contributed by atoms with van der Waals surface area (Å²) in [6.45, 7) is 4.68. The summed E-state index contributed by atoms with van der Waals surface area (Å²) in [7, 11) is -1.64. The van der Waals surface area contributed by atoms with Gasteiger partial charge in [0.2, 0.25) is 11.8 Å². The molecule has 1 aliphatic heterocycles. The zero-order valence-corrected chi connectivity index (χ0v) is 18.6. The number of hydrogen-bond acceptors (Lipinski definition) is 6. The zero-order chi connectivity index (χ0) is 22.8. The highest BCUT2D eigenvalue weighted by molar-refractivity contribution is 6.43. The molecule has 2 amide bonds. The Morgan fingerprint density at radius 1 is 1.25 bits per heavy atom. The molecule has 2 heterocycles. The topological polar surface area (TPSA) is 131 Å². The van der Waals surface area contributed by atoms with Gasteiger partial charge in [-0.1, -0.05) is 26.7 Å². The van der Waals surface area contributed by atoms with Crippen LogP contribution in [0.15, 0.2) is 24.4 Å².